The van der Waals surface area contributed by atoms with Crippen molar-refractivity contribution in [3.8, 4) is 11.5 Å². The normalized spacial score (nSPS) is 17.0. The first kappa shape index (κ1) is 24.8. The summed E-state index contributed by atoms with van der Waals surface area (Å²) in [6, 6.07) is 16.5. The maximum absolute atomic E-state index is 13.5. The lowest BCUT2D eigenvalue weighted by molar-refractivity contribution is -0.132. The number of Topliss-reactive ketones (excluding diaryl/α,β-unsaturated/α-hetero) is 1. The number of ketones is 1. The van der Waals surface area contributed by atoms with E-state index in [-0.39, 0.29) is 11.3 Å². The van der Waals surface area contributed by atoms with E-state index in [0.717, 1.165) is 16.7 Å². The van der Waals surface area contributed by atoms with E-state index in [4.69, 9.17) is 21.1 Å². The minimum absolute atomic E-state index is 0.0765. The van der Waals surface area contributed by atoms with Gasteiger partial charge in [0.2, 0.25) is 0 Å². The Hall–Kier alpha value is -3.88. The van der Waals surface area contributed by atoms with E-state index in [1.165, 1.54) is 30.5 Å². The fourth-order valence-corrected chi connectivity index (χ4v) is 5.68. The lowest BCUT2D eigenvalue weighted by Crippen LogP contribution is -2.29. The standard InChI is InChI=1S/C28H23ClN2O5S/c1-4-15-8-13-19-21(14-15)37-28(30-19)31-23(18-6-5-7-20(35-2)26(18)36-3)22(25(33)27(31)34)24(32)16-9-11-17(29)12-10-16/h5-14,23,32H,4H2,1-3H3/b24-22+/t23-/m1/s1. The molecule has 1 aromatic heterocycles. The number of aryl methyl sites for hydroxylation is 1. The third-order valence-corrected chi connectivity index (χ3v) is 7.62. The molecule has 9 heteroatoms. The molecule has 188 valence electrons. The molecule has 1 aliphatic rings. The molecule has 0 aliphatic carbocycles. The van der Waals surface area contributed by atoms with Crippen molar-refractivity contribution in [2.24, 2.45) is 0 Å². The second kappa shape index (κ2) is 9.88. The Kier molecular flexibility index (Phi) is 6.62. The third-order valence-electron chi connectivity index (χ3n) is 6.35. The van der Waals surface area contributed by atoms with Gasteiger partial charge in [-0.1, -0.05) is 48.1 Å². The number of fused-ring (bicyclic) bond motifs is 1. The average Bonchev–Trinajstić information content (AvgIpc) is 3.45. The van der Waals surface area contributed by atoms with Crippen LogP contribution in [0, 0.1) is 0 Å². The number of aromatic nitrogens is 1. The Morgan fingerprint density at radius 2 is 1.84 bits per heavy atom. The molecule has 0 unspecified atom stereocenters. The fourth-order valence-electron chi connectivity index (χ4n) is 4.49. The highest BCUT2D eigenvalue weighted by Gasteiger charge is 2.49. The minimum Gasteiger partial charge on any atom is -0.507 e. The molecule has 5 rings (SSSR count). The lowest BCUT2D eigenvalue weighted by Gasteiger charge is -2.25. The van der Waals surface area contributed by atoms with Crippen LogP contribution in [0.4, 0.5) is 5.13 Å². The first-order valence-corrected chi connectivity index (χ1v) is 12.7. The molecule has 1 aliphatic heterocycles. The summed E-state index contributed by atoms with van der Waals surface area (Å²) >= 11 is 7.34. The molecule has 1 saturated heterocycles. The molecule has 1 amide bonds. The Bertz CT molecular complexity index is 1560. The smallest absolute Gasteiger partial charge is 0.301 e. The van der Waals surface area contributed by atoms with Gasteiger partial charge in [-0.05, 0) is 54.4 Å². The van der Waals surface area contributed by atoms with Crippen LogP contribution in [-0.2, 0) is 16.0 Å². The Morgan fingerprint density at radius 3 is 2.51 bits per heavy atom. The summed E-state index contributed by atoms with van der Waals surface area (Å²) in [4.78, 5) is 33.1. The number of para-hydroxylation sites is 1. The zero-order valence-electron chi connectivity index (χ0n) is 20.3. The van der Waals surface area contributed by atoms with Gasteiger partial charge >= 0.3 is 5.91 Å². The molecule has 1 atom stereocenters. The molecule has 37 heavy (non-hydrogen) atoms. The van der Waals surface area contributed by atoms with Crippen molar-refractivity contribution >= 4 is 55.7 Å². The van der Waals surface area contributed by atoms with E-state index >= 15 is 0 Å². The van der Waals surface area contributed by atoms with Gasteiger partial charge in [-0.2, -0.15) is 0 Å². The number of halogens is 1. The van der Waals surface area contributed by atoms with Crippen LogP contribution in [0.25, 0.3) is 16.0 Å². The molecule has 0 saturated carbocycles. The summed E-state index contributed by atoms with van der Waals surface area (Å²) in [5.41, 5.74) is 2.61. The monoisotopic (exact) mass is 534 g/mol. The summed E-state index contributed by atoms with van der Waals surface area (Å²) in [5.74, 6) is -1.16. The molecule has 0 bridgehead atoms. The third kappa shape index (κ3) is 4.22. The number of rotatable bonds is 6. The van der Waals surface area contributed by atoms with Gasteiger partial charge in [0.15, 0.2) is 16.6 Å². The number of aliphatic hydroxyl groups excluding tert-OH is 1. The first-order chi connectivity index (χ1) is 17.9. The number of carbonyl (C=O) groups excluding carboxylic acids is 2. The van der Waals surface area contributed by atoms with Crippen LogP contribution in [-0.4, -0.2) is 36.0 Å². The summed E-state index contributed by atoms with van der Waals surface area (Å²) in [5, 5.41) is 12.2. The number of methoxy groups -OCH3 is 2. The van der Waals surface area contributed by atoms with Crippen LogP contribution in [0.15, 0.2) is 66.2 Å². The molecule has 3 aromatic carbocycles. The lowest BCUT2D eigenvalue weighted by atomic mass is 9.94. The maximum Gasteiger partial charge on any atom is 0.301 e. The number of nitrogens with zero attached hydrogens (tertiary/aromatic N) is 2. The average molecular weight is 535 g/mol. The van der Waals surface area contributed by atoms with Gasteiger partial charge in [0.05, 0.1) is 30.0 Å². The van der Waals surface area contributed by atoms with Crippen LogP contribution in [0.2, 0.25) is 5.02 Å². The summed E-state index contributed by atoms with van der Waals surface area (Å²) in [6.07, 6.45) is 0.857. The van der Waals surface area contributed by atoms with Gasteiger partial charge in [0, 0.05) is 16.1 Å². The number of hydrogen-bond acceptors (Lipinski definition) is 7. The van der Waals surface area contributed by atoms with E-state index in [1.807, 2.05) is 18.2 Å². The van der Waals surface area contributed by atoms with Crippen LogP contribution in [0.5, 0.6) is 11.5 Å². The number of carbonyl (C=O) groups is 2. The van der Waals surface area contributed by atoms with Crippen molar-refractivity contribution in [1.29, 1.82) is 0 Å². The van der Waals surface area contributed by atoms with Gasteiger partial charge in [0.25, 0.3) is 5.78 Å². The number of amides is 1. The van der Waals surface area contributed by atoms with Crippen molar-refractivity contribution in [3.05, 3.63) is 87.9 Å². The van der Waals surface area contributed by atoms with Crippen LogP contribution in [0.3, 0.4) is 0 Å². The van der Waals surface area contributed by atoms with Crippen LogP contribution in [0.1, 0.15) is 29.7 Å². The van der Waals surface area contributed by atoms with E-state index in [1.54, 1.807) is 42.5 Å². The molecule has 7 nitrogen and oxygen atoms in total. The maximum atomic E-state index is 13.5. The second-order valence-corrected chi connectivity index (χ2v) is 9.86. The van der Waals surface area contributed by atoms with E-state index in [9.17, 15) is 14.7 Å². The molecule has 0 spiro atoms. The van der Waals surface area contributed by atoms with Crippen LogP contribution < -0.4 is 14.4 Å². The van der Waals surface area contributed by atoms with Gasteiger partial charge in [0.1, 0.15) is 11.8 Å². The quantitative estimate of drug-likeness (QED) is 0.181. The minimum atomic E-state index is -1.01. The van der Waals surface area contributed by atoms with Crippen molar-refractivity contribution in [1.82, 2.24) is 4.98 Å². The van der Waals surface area contributed by atoms with E-state index in [2.05, 4.69) is 11.9 Å². The highest BCUT2D eigenvalue weighted by atomic mass is 35.5. The molecular formula is C28H23ClN2O5S. The Labute approximate surface area is 222 Å². The zero-order valence-corrected chi connectivity index (χ0v) is 21.9. The summed E-state index contributed by atoms with van der Waals surface area (Å²) in [7, 11) is 2.99. The number of anilines is 1. The highest BCUT2D eigenvalue weighted by molar-refractivity contribution is 7.22. The van der Waals surface area contributed by atoms with Crippen molar-refractivity contribution in [2.45, 2.75) is 19.4 Å². The second-order valence-electron chi connectivity index (χ2n) is 8.41. The molecule has 1 N–H and O–H groups in total. The summed E-state index contributed by atoms with van der Waals surface area (Å²) in [6.45, 7) is 2.06. The number of benzene rings is 3. The molecule has 0 radical (unpaired) electrons. The Morgan fingerprint density at radius 1 is 1.08 bits per heavy atom. The molecule has 2 heterocycles. The topological polar surface area (TPSA) is 89.0 Å². The van der Waals surface area contributed by atoms with Crippen LogP contribution >= 0.6 is 22.9 Å². The largest absolute Gasteiger partial charge is 0.507 e. The van der Waals surface area contributed by atoms with Gasteiger partial charge < -0.3 is 14.6 Å². The van der Waals surface area contributed by atoms with Gasteiger partial charge in [-0.3, -0.25) is 14.5 Å². The van der Waals surface area contributed by atoms with Crippen molar-refractivity contribution < 1.29 is 24.2 Å². The van der Waals surface area contributed by atoms with Crippen molar-refractivity contribution in [3.63, 3.8) is 0 Å². The Balaban J connectivity index is 1.77. The predicted molar refractivity (Wildman–Crippen MR) is 145 cm³/mol. The SMILES string of the molecule is CCc1ccc2nc(N3C(=O)C(=O)/C(=C(/O)c4ccc(Cl)cc4)[C@H]3c3cccc(OC)c3OC)sc2c1. The number of hydrogen-bond donors (Lipinski definition) is 1. The number of aliphatic hydroxyl groups is 1. The summed E-state index contributed by atoms with van der Waals surface area (Å²) < 4.78 is 12.0. The van der Waals surface area contributed by atoms with Gasteiger partial charge in [-0.15, -0.1) is 0 Å². The fraction of sp³-hybridized carbons (Fsp3) is 0.179. The van der Waals surface area contributed by atoms with E-state index < -0.39 is 17.7 Å². The van der Waals surface area contributed by atoms with Gasteiger partial charge in [-0.25, -0.2) is 4.98 Å². The van der Waals surface area contributed by atoms with Crippen molar-refractivity contribution in [2.75, 3.05) is 19.1 Å². The highest BCUT2D eigenvalue weighted by Crippen LogP contribution is 2.48. The number of thiazole rings is 1. The molecule has 1 fully saturated rings. The zero-order chi connectivity index (χ0) is 26.3. The number of ether oxygens (including phenoxy) is 2. The molecule has 4 aromatic rings. The molecular weight excluding hydrogens is 512 g/mol. The van der Waals surface area contributed by atoms with E-state index in [0.29, 0.717) is 38.3 Å². The predicted octanol–water partition coefficient (Wildman–Crippen LogP) is 6.16. The first-order valence-electron chi connectivity index (χ1n) is 11.5.